The van der Waals surface area contributed by atoms with Gasteiger partial charge in [-0.15, -0.1) is 22.7 Å². The highest BCUT2D eigenvalue weighted by molar-refractivity contribution is 9.10. The Kier molecular flexibility index (Phi) is 10.7. The first-order chi connectivity index (χ1) is 41.4. The molecular weight excluding hydrogens is 1090 g/mol. The number of fused-ring (bicyclic) bond motifs is 14. The topological polar surface area (TPSA) is 65.2 Å². The molecule has 0 N–H and O–H groups in total. The minimum Gasteiger partial charge on any atom is -0.405 e. The van der Waals surface area contributed by atoms with Gasteiger partial charge in [0.15, 0.2) is 0 Å². The van der Waals surface area contributed by atoms with E-state index in [0.717, 1.165) is 73.9 Å². The van der Waals surface area contributed by atoms with Crippen LogP contribution in [0.2, 0.25) is 0 Å². The number of benzene rings is 8. The second kappa shape index (κ2) is 19.2. The first kappa shape index (κ1) is 44.8. The average Bonchev–Trinajstić information content (AvgIpc) is 1.56. The van der Waals surface area contributed by atoms with Crippen LogP contribution >= 0.6 is 38.6 Å². The van der Waals surface area contributed by atoms with Gasteiger partial charge in [0.05, 0.1) is 76.0 Å². The minimum atomic E-state index is -0.996. The fourth-order valence-electron chi connectivity index (χ4n) is 10.8. The second-order valence-electron chi connectivity index (χ2n) is 23.8. The quantitative estimate of drug-likeness (QED) is 0.164. The van der Waals surface area contributed by atoms with E-state index in [0.29, 0.717) is 0 Å². The second-order valence-corrected chi connectivity index (χ2v) is 26.7. The summed E-state index contributed by atoms with van der Waals surface area (Å²) in [6.07, 6.45) is 0. The van der Waals surface area contributed by atoms with Crippen LogP contribution < -0.4 is 5.46 Å². The van der Waals surface area contributed by atoms with E-state index < -0.39 is 32.3 Å². The zero-order valence-corrected chi connectivity index (χ0v) is 50.0. The molecule has 0 aliphatic carbocycles. The molecule has 0 saturated carbocycles. The molecule has 14 heteroatoms. The van der Waals surface area contributed by atoms with Crippen LogP contribution in [0.3, 0.4) is 0 Å². The van der Waals surface area contributed by atoms with Gasteiger partial charge in [-0.3, -0.25) is 0 Å². The number of halogens is 1. The average molecular weight is 1170 g/mol. The molecule has 12 aromatic rings. The smallest absolute Gasteiger partial charge is 0.405 e. The van der Waals surface area contributed by atoms with Crippen LogP contribution in [0.1, 0.15) is 94.1 Å². The minimum absolute atomic E-state index is 0.0614. The lowest BCUT2D eigenvalue weighted by Crippen LogP contribution is -2.41. The van der Waals surface area contributed by atoms with Crippen LogP contribution in [0.15, 0.2) is 174 Å². The van der Waals surface area contributed by atoms with E-state index >= 15 is 0 Å². The lowest BCUT2D eigenvalue weighted by molar-refractivity contribution is 0.00578. The van der Waals surface area contributed by atoms with Gasteiger partial charge in [0.25, 0.3) is 0 Å². The highest BCUT2D eigenvalue weighted by atomic mass is 79.9. The molecule has 0 bridgehead atoms. The molecule has 0 atom stereocenters. The lowest BCUT2D eigenvalue weighted by Gasteiger charge is -2.32. The van der Waals surface area contributed by atoms with Crippen molar-refractivity contribution in [2.24, 2.45) is 0 Å². The summed E-state index contributed by atoms with van der Waals surface area (Å²) in [5.74, 6) is 0. The van der Waals surface area contributed by atoms with Gasteiger partial charge in [-0.05, 0) is 149 Å². The summed E-state index contributed by atoms with van der Waals surface area (Å²) in [6, 6.07) is 40.1. The summed E-state index contributed by atoms with van der Waals surface area (Å²) < 4.78 is 115. The van der Waals surface area contributed by atoms with Crippen molar-refractivity contribution >= 4 is 149 Å². The van der Waals surface area contributed by atoms with Crippen LogP contribution in [-0.2, 0) is 27.9 Å². The van der Waals surface area contributed by atoms with Gasteiger partial charge < -0.3 is 37.1 Å². The first-order valence-electron chi connectivity index (χ1n) is 31.0. The van der Waals surface area contributed by atoms with Crippen molar-refractivity contribution in [2.45, 2.75) is 117 Å². The summed E-state index contributed by atoms with van der Waals surface area (Å²) in [4.78, 5) is 0. The normalized spacial score (nSPS) is 20.2. The third kappa shape index (κ3) is 8.70. The molecule has 0 amide bonds. The van der Waals surface area contributed by atoms with Gasteiger partial charge >= 0.3 is 21.1 Å². The van der Waals surface area contributed by atoms with Crippen molar-refractivity contribution in [3.63, 3.8) is 0 Å². The van der Waals surface area contributed by atoms with E-state index in [9.17, 15) is 0 Å². The molecule has 7 heterocycles. The largest absolute Gasteiger partial charge is 0.494 e. The Morgan fingerprint density at radius 2 is 0.700 bits per heavy atom. The Morgan fingerprint density at radius 1 is 0.375 bits per heavy atom. The van der Waals surface area contributed by atoms with Gasteiger partial charge in [-0.1, -0.05) is 125 Å². The molecule has 0 unspecified atom stereocenters. The van der Waals surface area contributed by atoms with Crippen LogP contribution in [-0.4, -0.2) is 63.9 Å². The maximum Gasteiger partial charge on any atom is 0.494 e. The molecule has 8 nitrogen and oxygen atoms in total. The Hall–Kier alpha value is -5.77. The number of rotatable bonds is 4. The maximum atomic E-state index is 9.16. The van der Waals surface area contributed by atoms with Crippen molar-refractivity contribution in [2.75, 3.05) is 0 Å². The monoisotopic (exact) mass is 1160 g/mol. The summed E-state index contributed by atoms with van der Waals surface area (Å²) in [5.41, 5.74) is 1.36. The zero-order valence-electron chi connectivity index (χ0n) is 54.8. The molecule has 15 rings (SSSR count). The number of thiophene rings is 2. The summed E-state index contributed by atoms with van der Waals surface area (Å²) in [5, 5.41) is 8.64. The molecule has 3 saturated heterocycles. The van der Waals surface area contributed by atoms with E-state index in [2.05, 4.69) is 64.5 Å². The van der Waals surface area contributed by atoms with E-state index in [1.54, 1.807) is 22.7 Å². The Morgan fingerprint density at radius 3 is 1.10 bits per heavy atom. The molecule has 8 aromatic carbocycles. The van der Waals surface area contributed by atoms with Gasteiger partial charge in [-0.25, -0.2) is 0 Å². The predicted octanol–water partition coefficient (Wildman–Crippen LogP) is 17.6. The number of hydrogen-bond acceptors (Lipinski definition) is 8. The third-order valence-electron chi connectivity index (χ3n) is 17.3. The molecule has 402 valence electrons. The van der Waals surface area contributed by atoms with Gasteiger partial charge in [0.2, 0.25) is 0 Å². The maximum absolute atomic E-state index is 9.16. The van der Waals surface area contributed by atoms with Crippen molar-refractivity contribution in [1.29, 1.82) is 0 Å². The molecule has 80 heavy (non-hydrogen) atoms. The number of hydrogen-bond donors (Lipinski definition) is 0. The third-order valence-corrected chi connectivity index (χ3v) is 20.1. The molecule has 0 spiro atoms. The van der Waals surface area contributed by atoms with E-state index in [1.807, 2.05) is 165 Å². The van der Waals surface area contributed by atoms with Crippen LogP contribution in [0.25, 0.3) is 95.3 Å². The van der Waals surface area contributed by atoms with Crippen LogP contribution in [0, 0.1) is 0 Å². The van der Waals surface area contributed by atoms with Gasteiger partial charge in [-0.2, -0.15) is 0 Å². The molecule has 3 aliphatic heterocycles. The summed E-state index contributed by atoms with van der Waals surface area (Å²) >= 11 is 6.59. The van der Waals surface area contributed by atoms with Crippen molar-refractivity contribution < 1.29 is 38.9 Å². The van der Waals surface area contributed by atoms with Crippen LogP contribution in [0.4, 0.5) is 0 Å². The Balaban J connectivity index is 0.000000130. The molecule has 4 aromatic heterocycles. The van der Waals surface area contributed by atoms with Gasteiger partial charge in [0.1, 0.15) is 0 Å². The molecule has 0 radical (unpaired) electrons. The first-order valence-corrected chi connectivity index (χ1v) is 29.4. The van der Waals surface area contributed by atoms with Gasteiger partial charge in [0, 0.05) is 68.3 Å². The van der Waals surface area contributed by atoms with Crippen molar-refractivity contribution in [1.82, 2.24) is 9.13 Å². The molecule has 3 fully saturated rings. The number of para-hydroxylation sites is 2. The number of aromatic nitrogens is 2. The highest BCUT2D eigenvalue weighted by Gasteiger charge is 2.64. The fourth-order valence-corrected chi connectivity index (χ4v) is 13.5. The Labute approximate surface area is 496 Å². The van der Waals surface area contributed by atoms with E-state index in [1.165, 1.54) is 10.1 Å². The Bertz CT molecular complexity index is 4770. The summed E-state index contributed by atoms with van der Waals surface area (Å²) in [6.45, 7) is 23.8. The highest BCUT2D eigenvalue weighted by Crippen LogP contribution is 2.47. The fraction of sp³-hybridized carbons (Fsp3) is 0.273. The van der Waals surface area contributed by atoms with Crippen LogP contribution in [0.5, 0.6) is 0 Å². The zero-order chi connectivity index (χ0) is 62.9. The van der Waals surface area contributed by atoms with E-state index in [-0.39, 0.29) is 92.1 Å². The molecular formula is C66H64B3BrN2O6S2. The van der Waals surface area contributed by atoms with Crippen molar-refractivity contribution in [3.8, 4) is 11.4 Å². The summed E-state index contributed by atoms with van der Waals surface area (Å²) in [7, 11) is -1.95. The van der Waals surface area contributed by atoms with Crippen molar-refractivity contribution in [3.05, 3.63) is 174 Å². The number of nitrogens with zero attached hydrogens (tertiary/aromatic N) is 2. The predicted molar refractivity (Wildman–Crippen MR) is 343 cm³/mol. The standard InChI is InChI=1S/C30H26BNO2S.C24H14BrNS.C12H24B2O4/c1-29(2)30(3,4)34-31(33-29)19-13-15-20(16-14-19)32-25-11-7-5-9-21(25)23-17-18-24-22-10-6-8-12-26(22)35-28(24)27(23)32;25-15-9-11-16(12-10-15)26-21-7-3-1-5-17(21)19-13-14-20-18-6-2-4-8-22(18)27-24(20)23(19)26;1-9(2)10(3,4)16-13(15-9)14-17-11(5,6)12(7,8)18-14/h5-18H,1-4H3;1-14H;1-8H3/i13D,14D,15D,16D;9D,10D,11D,12D;. The SMILES string of the molecule is CC1(C)OB(B2OC(C)(C)C(C)(C)O2)OC1(C)C.[2H]c1c([2H])c(-n2c3ccccc3c3ccc4c5ccccc5sc4c32)c([2H])c([2H])c1B1OC(C)(C)C(C)(C)O1.[2H]c1c([2H])c(-n2c3ccccc3c3ccc4c5ccccc5sc4c32)c([2H])c([2H])c1Br. The molecule has 3 aliphatic rings. The lowest BCUT2D eigenvalue weighted by atomic mass is 9.49. The van der Waals surface area contributed by atoms with E-state index in [4.69, 9.17) is 38.9 Å².